The summed E-state index contributed by atoms with van der Waals surface area (Å²) in [7, 11) is 0. The summed E-state index contributed by atoms with van der Waals surface area (Å²) in [5.74, 6) is -1.10. The van der Waals surface area contributed by atoms with Gasteiger partial charge in [0.25, 0.3) is 0 Å². The van der Waals surface area contributed by atoms with E-state index < -0.39 is 11.9 Å². The van der Waals surface area contributed by atoms with E-state index in [1.54, 1.807) is 24.3 Å². The molecule has 0 fully saturated rings. The van der Waals surface area contributed by atoms with E-state index in [1.807, 2.05) is 12.1 Å². The molecule has 8 N–H and O–H groups in total. The molecule has 1 atom stereocenters. The molecule has 0 bridgehead atoms. The van der Waals surface area contributed by atoms with Gasteiger partial charge in [0.15, 0.2) is 11.7 Å². The number of primary amides is 1. The third-order valence-electron chi connectivity index (χ3n) is 3.79. The van der Waals surface area contributed by atoms with Crippen molar-refractivity contribution in [2.75, 3.05) is 6.54 Å². The maximum absolute atomic E-state index is 12.6. The Morgan fingerprint density at radius 3 is 2.50 bits per heavy atom. The molecule has 0 heterocycles. The topological polar surface area (TPSA) is 148 Å². The number of rotatable bonds is 7. The Hall–Kier alpha value is -2.93. The monoisotopic (exact) mass is 327 g/mol. The zero-order valence-corrected chi connectivity index (χ0v) is 13.2. The quantitative estimate of drug-likeness (QED) is 0.220. The lowest BCUT2D eigenvalue weighted by Crippen LogP contribution is -2.35. The predicted molar refractivity (Wildman–Crippen MR) is 93.9 cm³/mol. The fraction of sp³-hybridized carbons (Fsp3) is 0.235. The standard InChI is InChI=1S/C17H21N5O2/c18-13(6-3-9-22-17(20)21)15(23)12-8-7-10-4-1-2-5-11(10)14(12)16(19)24/h1-2,4-5,7-8,13H,3,6,9,18H2,(H2,19,24)(H4,20,21,22)/t13-/m0/s1. The van der Waals surface area contributed by atoms with E-state index in [-0.39, 0.29) is 22.9 Å². The molecule has 0 aliphatic rings. The average molecular weight is 327 g/mol. The molecule has 0 unspecified atom stereocenters. The molecule has 0 saturated heterocycles. The number of guanidine groups is 1. The number of hydrogen-bond donors (Lipinski definition) is 5. The molecule has 7 nitrogen and oxygen atoms in total. The Kier molecular flexibility index (Phi) is 5.49. The third-order valence-corrected chi connectivity index (χ3v) is 3.79. The van der Waals surface area contributed by atoms with Crippen molar-refractivity contribution in [1.29, 1.82) is 5.41 Å². The Morgan fingerprint density at radius 1 is 1.12 bits per heavy atom. The highest BCUT2D eigenvalue weighted by molar-refractivity contribution is 6.16. The second-order valence-corrected chi connectivity index (χ2v) is 5.53. The Labute approximate surface area is 139 Å². The molecule has 2 aromatic carbocycles. The van der Waals surface area contributed by atoms with Crippen LogP contribution in [0.15, 0.2) is 36.4 Å². The number of carbonyl (C=O) groups excluding carboxylic acids is 2. The van der Waals surface area contributed by atoms with E-state index in [4.69, 9.17) is 22.6 Å². The van der Waals surface area contributed by atoms with Crippen LogP contribution >= 0.6 is 0 Å². The van der Waals surface area contributed by atoms with Gasteiger partial charge in [0.05, 0.1) is 11.6 Å². The van der Waals surface area contributed by atoms with Crippen LogP contribution in [0, 0.1) is 5.41 Å². The molecular weight excluding hydrogens is 306 g/mol. The average Bonchev–Trinajstić information content (AvgIpc) is 2.56. The third kappa shape index (κ3) is 3.88. The largest absolute Gasteiger partial charge is 0.370 e. The van der Waals surface area contributed by atoms with Crippen molar-refractivity contribution in [3.8, 4) is 0 Å². The molecule has 7 heteroatoms. The molecular formula is C17H21N5O2. The van der Waals surface area contributed by atoms with Gasteiger partial charge in [-0.1, -0.05) is 30.3 Å². The van der Waals surface area contributed by atoms with Crippen LogP contribution in [0.2, 0.25) is 0 Å². The lowest BCUT2D eigenvalue weighted by Gasteiger charge is -2.14. The lowest BCUT2D eigenvalue weighted by molar-refractivity contribution is 0.0939. The van der Waals surface area contributed by atoms with Crippen molar-refractivity contribution in [3.63, 3.8) is 0 Å². The van der Waals surface area contributed by atoms with Crippen molar-refractivity contribution in [3.05, 3.63) is 47.5 Å². The lowest BCUT2D eigenvalue weighted by atomic mass is 9.92. The highest BCUT2D eigenvalue weighted by Crippen LogP contribution is 2.23. The summed E-state index contributed by atoms with van der Waals surface area (Å²) in [5.41, 5.74) is 17.1. The minimum atomic E-state index is -0.752. The fourth-order valence-corrected chi connectivity index (χ4v) is 2.62. The normalized spacial score (nSPS) is 11.9. The van der Waals surface area contributed by atoms with Crippen molar-refractivity contribution < 1.29 is 9.59 Å². The zero-order chi connectivity index (χ0) is 17.7. The summed E-state index contributed by atoms with van der Waals surface area (Å²) in [6, 6.07) is 9.87. The van der Waals surface area contributed by atoms with Crippen molar-refractivity contribution in [2.45, 2.75) is 18.9 Å². The molecule has 0 aromatic heterocycles. The van der Waals surface area contributed by atoms with Gasteiger partial charge in [-0.2, -0.15) is 0 Å². The molecule has 2 aromatic rings. The summed E-state index contributed by atoms with van der Waals surface area (Å²) in [6.45, 7) is 0.455. The van der Waals surface area contributed by atoms with Gasteiger partial charge in [-0.05, 0) is 29.7 Å². The van der Waals surface area contributed by atoms with Crippen LogP contribution in [0.1, 0.15) is 33.6 Å². The van der Waals surface area contributed by atoms with Crippen molar-refractivity contribution >= 4 is 28.4 Å². The first-order valence-corrected chi connectivity index (χ1v) is 7.61. The van der Waals surface area contributed by atoms with Gasteiger partial charge in [-0.15, -0.1) is 0 Å². The summed E-state index contributed by atoms with van der Waals surface area (Å²) in [4.78, 5) is 24.5. The van der Waals surface area contributed by atoms with Gasteiger partial charge >= 0.3 is 0 Å². The Morgan fingerprint density at radius 2 is 1.83 bits per heavy atom. The number of ketones is 1. The van der Waals surface area contributed by atoms with Gasteiger partial charge in [0, 0.05) is 12.1 Å². The molecule has 2 rings (SSSR count). The van der Waals surface area contributed by atoms with Crippen LogP contribution < -0.4 is 22.5 Å². The van der Waals surface area contributed by atoms with E-state index in [2.05, 4.69) is 5.32 Å². The number of carbonyl (C=O) groups is 2. The number of fused-ring (bicyclic) bond motifs is 1. The van der Waals surface area contributed by atoms with E-state index in [0.29, 0.717) is 24.8 Å². The van der Waals surface area contributed by atoms with Crippen molar-refractivity contribution in [1.82, 2.24) is 5.32 Å². The number of Topliss-reactive ketones (excluding diaryl/α,β-unsaturated/α-hetero) is 1. The van der Waals surface area contributed by atoms with E-state index in [0.717, 1.165) is 5.39 Å². The summed E-state index contributed by atoms with van der Waals surface area (Å²) < 4.78 is 0. The highest BCUT2D eigenvalue weighted by Gasteiger charge is 2.22. The van der Waals surface area contributed by atoms with Gasteiger partial charge in [-0.25, -0.2) is 0 Å². The fourth-order valence-electron chi connectivity index (χ4n) is 2.62. The van der Waals surface area contributed by atoms with Crippen LogP contribution in [0.3, 0.4) is 0 Å². The Balaban J connectivity index is 2.24. The number of benzene rings is 2. The first-order valence-electron chi connectivity index (χ1n) is 7.61. The maximum atomic E-state index is 12.6. The first kappa shape index (κ1) is 17.4. The van der Waals surface area contributed by atoms with E-state index in [9.17, 15) is 9.59 Å². The minimum absolute atomic E-state index is 0.125. The van der Waals surface area contributed by atoms with Gasteiger partial charge < -0.3 is 22.5 Å². The van der Waals surface area contributed by atoms with Crippen LogP contribution in [-0.4, -0.2) is 30.2 Å². The number of hydrogen-bond acceptors (Lipinski definition) is 4. The zero-order valence-electron chi connectivity index (χ0n) is 13.2. The molecule has 24 heavy (non-hydrogen) atoms. The van der Waals surface area contributed by atoms with Crippen molar-refractivity contribution in [2.24, 2.45) is 17.2 Å². The van der Waals surface area contributed by atoms with Crippen LogP contribution in [-0.2, 0) is 0 Å². The predicted octanol–water partition coefficient (Wildman–Crippen LogP) is 0.712. The van der Waals surface area contributed by atoms with Crippen LogP contribution in [0.4, 0.5) is 0 Å². The molecule has 0 spiro atoms. The minimum Gasteiger partial charge on any atom is -0.370 e. The second kappa shape index (κ2) is 7.56. The summed E-state index contributed by atoms with van der Waals surface area (Å²) >= 11 is 0. The maximum Gasteiger partial charge on any atom is 0.250 e. The van der Waals surface area contributed by atoms with E-state index >= 15 is 0 Å². The summed E-state index contributed by atoms with van der Waals surface area (Å²) in [6.07, 6.45) is 0.982. The molecule has 0 saturated carbocycles. The number of nitrogens with one attached hydrogen (secondary N) is 2. The van der Waals surface area contributed by atoms with E-state index in [1.165, 1.54) is 0 Å². The molecule has 126 valence electrons. The van der Waals surface area contributed by atoms with Gasteiger partial charge in [0.2, 0.25) is 5.91 Å². The summed E-state index contributed by atoms with van der Waals surface area (Å²) in [5, 5.41) is 11.2. The van der Waals surface area contributed by atoms with Gasteiger partial charge in [-0.3, -0.25) is 15.0 Å². The van der Waals surface area contributed by atoms with Gasteiger partial charge in [0.1, 0.15) is 0 Å². The molecule has 0 radical (unpaired) electrons. The number of amides is 1. The molecule has 0 aliphatic heterocycles. The second-order valence-electron chi connectivity index (χ2n) is 5.53. The number of nitrogens with two attached hydrogens (primary N) is 3. The van der Waals surface area contributed by atoms with Crippen LogP contribution in [0.5, 0.6) is 0 Å². The van der Waals surface area contributed by atoms with Crippen LogP contribution in [0.25, 0.3) is 10.8 Å². The molecule has 1 amide bonds. The first-order chi connectivity index (χ1) is 11.4. The smallest absolute Gasteiger partial charge is 0.250 e. The Bertz CT molecular complexity index is 788. The SMILES string of the molecule is N=C(N)NCCC[C@H](N)C(=O)c1ccc2ccccc2c1C(N)=O. The highest BCUT2D eigenvalue weighted by atomic mass is 16.1. The molecule has 0 aliphatic carbocycles.